The average Bonchev–Trinajstić information content (AvgIpc) is 2.20. The van der Waals surface area contributed by atoms with Gasteiger partial charge in [0.05, 0.1) is 0 Å². The maximum atomic E-state index is 11.0. The molecule has 1 saturated carbocycles. The highest BCUT2D eigenvalue weighted by Gasteiger charge is 2.17. The van der Waals surface area contributed by atoms with Gasteiger partial charge in [0, 0.05) is 5.92 Å². The number of primary amides is 1. The van der Waals surface area contributed by atoms with Gasteiger partial charge in [-0.15, -0.1) is 0 Å². The van der Waals surface area contributed by atoms with Crippen LogP contribution in [-0.4, -0.2) is 5.91 Å². The SMILES string of the molecule is CCC(CCC1CCCCC1)C(N)=O. The molecule has 0 bridgehead atoms. The summed E-state index contributed by atoms with van der Waals surface area (Å²) in [6.07, 6.45) is 10.0. The molecule has 1 amide bonds. The second kappa shape index (κ2) is 6.05. The highest BCUT2D eigenvalue weighted by atomic mass is 16.1. The zero-order valence-electron chi connectivity index (χ0n) is 9.30. The number of carbonyl (C=O) groups is 1. The Morgan fingerprint density at radius 2 is 2.00 bits per heavy atom. The van der Waals surface area contributed by atoms with E-state index in [-0.39, 0.29) is 11.8 Å². The van der Waals surface area contributed by atoms with Crippen LogP contribution in [0, 0.1) is 11.8 Å². The number of hydrogen-bond acceptors (Lipinski definition) is 1. The maximum Gasteiger partial charge on any atom is 0.220 e. The summed E-state index contributed by atoms with van der Waals surface area (Å²) in [7, 11) is 0. The Labute approximate surface area is 87.2 Å². The van der Waals surface area contributed by atoms with Crippen molar-refractivity contribution in [3.05, 3.63) is 0 Å². The molecule has 1 unspecified atom stereocenters. The summed E-state index contributed by atoms with van der Waals surface area (Å²) in [6.45, 7) is 2.05. The van der Waals surface area contributed by atoms with Crippen LogP contribution in [-0.2, 0) is 4.79 Å². The minimum absolute atomic E-state index is 0.108. The van der Waals surface area contributed by atoms with Gasteiger partial charge in [0.15, 0.2) is 0 Å². The molecule has 0 spiro atoms. The van der Waals surface area contributed by atoms with Crippen molar-refractivity contribution >= 4 is 5.91 Å². The Hall–Kier alpha value is -0.530. The van der Waals surface area contributed by atoms with Gasteiger partial charge in [0.2, 0.25) is 5.91 Å². The zero-order valence-corrected chi connectivity index (χ0v) is 9.30. The highest BCUT2D eigenvalue weighted by molar-refractivity contribution is 5.76. The Morgan fingerprint density at radius 3 is 2.50 bits per heavy atom. The second-order valence-corrected chi connectivity index (χ2v) is 4.59. The van der Waals surface area contributed by atoms with Gasteiger partial charge in [-0.3, -0.25) is 4.79 Å². The van der Waals surface area contributed by atoms with E-state index in [9.17, 15) is 4.79 Å². The topological polar surface area (TPSA) is 43.1 Å². The van der Waals surface area contributed by atoms with E-state index in [4.69, 9.17) is 5.73 Å². The first-order chi connectivity index (χ1) is 6.74. The Morgan fingerprint density at radius 1 is 1.36 bits per heavy atom. The minimum atomic E-state index is -0.108. The Bertz CT molecular complexity index is 173. The van der Waals surface area contributed by atoms with E-state index in [1.807, 2.05) is 0 Å². The summed E-state index contributed by atoms with van der Waals surface area (Å²) in [6, 6.07) is 0. The lowest BCUT2D eigenvalue weighted by molar-refractivity contribution is -0.122. The van der Waals surface area contributed by atoms with Gasteiger partial charge < -0.3 is 5.73 Å². The monoisotopic (exact) mass is 197 g/mol. The molecule has 0 aromatic rings. The Balaban J connectivity index is 2.20. The van der Waals surface area contributed by atoms with E-state index in [1.165, 1.54) is 38.5 Å². The Kier molecular flexibility index (Phi) is 4.99. The van der Waals surface area contributed by atoms with Gasteiger partial charge >= 0.3 is 0 Å². The summed E-state index contributed by atoms with van der Waals surface area (Å²) < 4.78 is 0. The van der Waals surface area contributed by atoms with Crippen LogP contribution in [0.4, 0.5) is 0 Å². The quantitative estimate of drug-likeness (QED) is 0.723. The fourth-order valence-electron chi connectivity index (χ4n) is 2.46. The number of nitrogens with two attached hydrogens (primary N) is 1. The molecule has 0 aliphatic heterocycles. The highest BCUT2D eigenvalue weighted by Crippen LogP contribution is 2.28. The van der Waals surface area contributed by atoms with Gasteiger partial charge in [0.25, 0.3) is 0 Å². The van der Waals surface area contributed by atoms with Crippen molar-refractivity contribution in [2.75, 3.05) is 0 Å². The smallest absolute Gasteiger partial charge is 0.220 e. The molecule has 0 saturated heterocycles. The molecule has 1 fully saturated rings. The predicted molar refractivity (Wildman–Crippen MR) is 58.8 cm³/mol. The van der Waals surface area contributed by atoms with E-state index in [2.05, 4.69) is 6.92 Å². The summed E-state index contributed by atoms with van der Waals surface area (Å²) in [4.78, 5) is 11.0. The molecule has 1 atom stereocenters. The number of rotatable bonds is 5. The average molecular weight is 197 g/mol. The van der Waals surface area contributed by atoms with Crippen molar-refractivity contribution in [2.45, 2.75) is 58.3 Å². The summed E-state index contributed by atoms with van der Waals surface area (Å²) >= 11 is 0. The lowest BCUT2D eigenvalue weighted by atomic mass is 9.83. The zero-order chi connectivity index (χ0) is 10.4. The van der Waals surface area contributed by atoms with E-state index in [1.54, 1.807) is 0 Å². The lowest BCUT2D eigenvalue weighted by Gasteiger charge is -2.22. The first-order valence-electron chi connectivity index (χ1n) is 6.03. The number of carbonyl (C=O) groups excluding carboxylic acids is 1. The van der Waals surface area contributed by atoms with Crippen LogP contribution >= 0.6 is 0 Å². The van der Waals surface area contributed by atoms with Crippen molar-refractivity contribution in [3.63, 3.8) is 0 Å². The summed E-state index contributed by atoms with van der Waals surface area (Å²) in [5.74, 6) is 0.886. The van der Waals surface area contributed by atoms with Crippen molar-refractivity contribution in [1.29, 1.82) is 0 Å². The third kappa shape index (κ3) is 3.69. The van der Waals surface area contributed by atoms with E-state index in [0.717, 1.165) is 18.8 Å². The molecule has 0 heterocycles. The maximum absolute atomic E-state index is 11.0. The van der Waals surface area contributed by atoms with E-state index in [0.29, 0.717) is 0 Å². The molecule has 2 heteroatoms. The van der Waals surface area contributed by atoms with Gasteiger partial charge in [-0.1, -0.05) is 39.0 Å². The van der Waals surface area contributed by atoms with Crippen molar-refractivity contribution in [1.82, 2.24) is 0 Å². The molecule has 0 aromatic heterocycles. The van der Waals surface area contributed by atoms with Gasteiger partial charge in [-0.25, -0.2) is 0 Å². The molecule has 1 rings (SSSR count). The first kappa shape index (κ1) is 11.5. The van der Waals surface area contributed by atoms with Crippen molar-refractivity contribution in [2.24, 2.45) is 17.6 Å². The molecule has 1 aliphatic carbocycles. The molecule has 82 valence electrons. The van der Waals surface area contributed by atoms with Crippen molar-refractivity contribution < 1.29 is 4.79 Å². The van der Waals surface area contributed by atoms with E-state index >= 15 is 0 Å². The molecule has 1 aliphatic rings. The van der Waals surface area contributed by atoms with Gasteiger partial charge in [-0.05, 0) is 25.2 Å². The molecule has 0 radical (unpaired) electrons. The lowest BCUT2D eigenvalue weighted by Crippen LogP contribution is -2.23. The predicted octanol–water partition coefficient (Wildman–Crippen LogP) is 2.86. The van der Waals surface area contributed by atoms with Crippen LogP contribution in [0.25, 0.3) is 0 Å². The fraction of sp³-hybridized carbons (Fsp3) is 0.917. The molecule has 2 nitrogen and oxygen atoms in total. The molecule has 2 N–H and O–H groups in total. The molecular formula is C12H23NO. The summed E-state index contributed by atoms with van der Waals surface area (Å²) in [5, 5.41) is 0. The normalized spacial score (nSPS) is 20.6. The first-order valence-corrected chi connectivity index (χ1v) is 6.03. The van der Waals surface area contributed by atoms with Crippen molar-refractivity contribution in [3.8, 4) is 0 Å². The molecule has 0 aromatic carbocycles. The van der Waals surface area contributed by atoms with Gasteiger partial charge in [-0.2, -0.15) is 0 Å². The van der Waals surface area contributed by atoms with E-state index < -0.39 is 0 Å². The third-order valence-corrected chi connectivity index (χ3v) is 3.54. The molecule has 14 heavy (non-hydrogen) atoms. The third-order valence-electron chi connectivity index (χ3n) is 3.54. The van der Waals surface area contributed by atoms with Gasteiger partial charge in [0.1, 0.15) is 0 Å². The van der Waals surface area contributed by atoms with Crippen LogP contribution in [0.5, 0.6) is 0 Å². The van der Waals surface area contributed by atoms with Crippen LogP contribution < -0.4 is 5.73 Å². The van der Waals surface area contributed by atoms with Crippen LogP contribution in [0.15, 0.2) is 0 Å². The molecular weight excluding hydrogens is 174 g/mol. The minimum Gasteiger partial charge on any atom is -0.369 e. The number of hydrogen-bond donors (Lipinski definition) is 1. The van der Waals surface area contributed by atoms with Crippen LogP contribution in [0.2, 0.25) is 0 Å². The summed E-state index contributed by atoms with van der Waals surface area (Å²) in [5.41, 5.74) is 5.32. The number of amides is 1. The fourth-order valence-corrected chi connectivity index (χ4v) is 2.46. The van der Waals surface area contributed by atoms with Crippen LogP contribution in [0.3, 0.4) is 0 Å². The standard InChI is InChI=1S/C12H23NO/c1-2-11(12(13)14)9-8-10-6-4-3-5-7-10/h10-11H,2-9H2,1H3,(H2,13,14). The largest absolute Gasteiger partial charge is 0.369 e. The second-order valence-electron chi connectivity index (χ2n) is 4.59. The van der Waals surface area contributed by atoms with Crippen LogP contribution in [0.1, 0.15) is 58.3 Å².